The van der Waals surface area contributed by atoms with Gasteiger partial charge in [0.25, 0.3) is 0 Å². The molecule has 1 saturated heterocycles. The molecule has 3 nitrogen and oxygen atoms in total. The maximum absolute atomic E-state index is 10.5. The van der Waals surface area contributed by atoms with Crippen LogP contribution in [0, 0.1) is 0 Å². The van der Waals surface area contributed by atoms with Crippen molar-refractivity contribution in [3.8, 4) is 0 Å². The summed E-state index contributed by atoms with van der Waals surface area (Å²) < 4.78 is 0. The third-order valence-electron chi connectivity index (χ3n) is 1.90. The van der Waals surface area contributed by atoms with Gasteiger partial charge in [0, 0.05) is 6.04 Å². The van der Waals surface area contributed by atoms with Gasteiger partial charge in [-0.2, -0.15) is 0 Å². The Kier molecular flexibility index (Phi) is 2.65. The van der Waals surface area contributed by atoms with Gasteiger partial charge in [-0.25, -0.2) is 0 Å². The summed E-state index contributed by atoms with van der Waals surface area (Å²) in [6.07, 6.45) is 5.62. The maximum atomic E-state index is 10.5. The first kappa shape index (κ1) is 8.27. The average Bonchev–Trinajstić information content (AvgIpc) is 2.37. The fourth-order valence-corrected chi connectivity index (χ4v) is 1.35. The van der Waals surface area contributed by atoms with Crippen molar-refractivity contribution in [3.63, 3.8) is 0 Å². The van der Waals surface area contributed by atoms with E-state index >= 15 is 0 Å². The van der Waals surface area contributed by atoms with E-state index in [-0.39, 0.29) is 12.1 Å². The lowest BCUT2D eigenvalue weighted by molar-refractivity contribution is -0.139. The Balaban J connectivity index is 2.40. The molecule has 3 heteroatoms. The highest BCUT2D eigenvalue weighted by Crippen LogP contribution is 2.12. The fourth-order valence-electron chi connectivity index (χ4n) is 1.35. The van der Waals surface area contributed by atoms with Gasteiger partial charge in [-0.05, 0) is 19.8 Å². The van der Waals surface area contributed by atoms with E-state index in [1.165, 1.54) is 0 Å². The zero-order chi connectivity index (χ0) is 8.27. The summed E-state index contributed by atoms with van der Waals surface area (Å²) in [5.74, 6) is -0.739. The number of aliphatic carboxylic acids is 1. The summed E-state index contributed by atoms with van der Waals surface area (Å²) in [5, 5.41) is 11.6. The molecule has 0 bridgehead atoms. The van der Waals surface area contributed by atoms with Gasteiger partial charge in [0.1, 0.15) is 6.04 Å². The first-order chi connectivity index (χ1) is 5.24. The van der Waals surface area contributed by atoms with Gasteiger partial charge in [-0.1, -0.05) is 12.2 Å². The van der Waals surface area contributed by atoms with Gasteiger partial charge >= 0.3 is 5.97 Å². The second-order valence-corrected chi connectivity index (χ2v) is 2.77. The number of rotatable bonds is 2. The topological polar surface area (TPSA) is 49.3 Å². The van der Waals surface area contributed by atoms with Gasteiger partial charge in [-0.3, -0.25) is 10.1 Å². The zero-order valence-electron chi connectivity index (χ0n) is 6.58. The SMILES string of the molecule is C/C=C\[C@H]1CC[C@@H](C(=O)O)N1. The molecule has 1 heterocycles. The van der Waals surface area contributed by atoms with Crippen LogP contribution < -0.4 is 5.32 Å². The van der Waals surface area contributed by atoms with Crippen molar-refractivity contribution >= 4 is 5.97 Å². The molecule has 62 valence electrons. The molecule has 1 rings (SSSR count). The predicted molar refractivity (Wildman–Crippen MR) is 42.4 cm³/mol. The van der Waals surface area contributed by atoms with E-state index in [0.717, 1.165) is 12.8 Å². The minimum absolute atomic E-state index is 0.265. The van der Waals surface area contributed by atoms with E-state index in [4.69, 9.17) is 5.11 Å². The molecule has 2 N–H and O–H groups in total. The molecule has 0 amide bonds. The first-order valence-corrected chi connectivity index (χ1v) is 3.85. The van der Waals surface area contributed by atoms with Crippen LogP contribution in [0.15, 0.2) is 12.2 Å². The Bertz CT molecular complexity index is 177. The van der Waals surface area contributed by atoms with Gasteiger partial charge in [-0.15, -0.1) is 0 Å². The van der Waals surface area contributed by atoms with Crippen LogP contribution in [-0.4, -0.2) is 23.2 Å². The molecule has 0 aliphatic carbocycles. The normalized spacial score (nSPS) is 31.4. The van der Waals surface area contributed by atoms with E-state index in [0.29, 0.717) is 0 Å². The Labute approximate surface area is 66.1 Å². The summed E-state index contributed by atoms with van der Waals surface area (Å²) in [5.41, 5.74) is 0. The molecule has 0 saturated carbocycles. The number of carboxylic acids is 1. The highest BCUT2D eigenvalue weighted by molar-refractivity contribution is 5.73. The lowest BCUT2D eigenvalue weighted by Gasteiger charge is -2.05. The van der Waals surface area contributed by atoms with Crippen molar-refractivity contribution in [2.45, 2.75) is 31.8 Å². The van der Waals surface area contributed by atoms with Crippen LogP contribution in [0.5, 0.6) is 0 Å². The van der Waals surface area contributed by atoms with Crippen molar-refractivity contribution in [1.82, 2.24) is 5.32 Å². The summed E-state index contributed by atoms with van der Waals surface area (Å²) in [4.78, 5) is 10.5. The van der Waals surface area contributed by atoms with Crippen LogP contribution in [0.4, 0.5) is 0 Å². The number of carbonyl (C=O) groups is 1. The highest BCUT2D eigenvalue weighted by atomic mass is 16.4. The molecule has 11 heavy (non-hydrogen) atoms. The third kappa shape index (κ3) is 2.05. The van der Waals surface area contributed by atoms with Crippen molar-refractivity contribution in [2.75, 3.05) is 0 Å². The minimum atomic E-state index is -0.739. The van der Waals surface area contributed by atoms with Crippen LogP contribution in [-0.2, 0) is 4.79 Å². The van der Waals surface area contributed by atoms with Gasteiger partial charge in [0.05, 0.1) is 0 Å². The molecular formula is C8H13NO2. The van der Waals surface area contributed by atoms with Crippen molar-refractivity contribution < 1.29 is 9.90 Å². The molecular weight excluding hydrogens is 142 g/mol. The fraction of sp³-hybridized carbons (Fsp3) is 0.625. The molecule has 0 aromatic rings. The quantitative estimate of drug-likeness (QED) is 0.579. The lowest BCUT2D eigenvalue weighted by atomic mass is 10.2. The van der Waals surface area contributed by atoms with E-state index in [1.807, 2.05) is 19.1 Å². The number of hydrogen-bond donors (Lipinski definition) is 2. The summed E-state index contributed by atoms with van der Waals surface area (Å²) in [6, 6.07) is -0.0719. The molecule has 0 aromatic carbocycles. The number of allylic oxidation sites excluding steroid dienone is 1. The van der Waals surface area contributed by atoms with Crippen LogP contribution in [0.3, 0.4) is 0 Å². The first-order valence-electron chi connectivity index (χ1n) is 3.85. The molecule has 0 radical (unpaired) electrons. The zero-order valence-corrected chi connectivity index (χ0v) is 6.58. The van der Waals surface area contributed by atoms with E-state index in [1.54, 1.807) is 0 Å². The largest absolute Gasteiger partial charge is 0.480 e. The van der Waals surface area contributed by atoms with Crippen molar-refractivity contribution in [1.29, 1.82) is 0 Å². The molecule has 1 aliphatic heterocycles. The second kappa shape index (κ2) is 3.53. The van der Waals surface area contributed by atoms with E-state index in [9.17, 15) is 4.79 Å². The van der Waals surface area contributed by atoms with Crippen LogP contribution >= 0.6 is 0 Å². The Morgan fingerprint density at radius 3 is 2.82 bits per heavy atom. The molecule has 2 atom stereocenters. The smallest absolute Gasteiger partial charge is 0.320 e. The number of carboxylic acid groups (broad SMARTS) is 1. The molecule has 0 aromatic heterocycles. The van der Waals surface area contributed by atoms with Gasteiger partial charge in [0.2, 0.25) is 0 Å². The molecule has 0 spiro atoms. The standard InChI is InChI=1S/C8H13NO2/c1-2-3-6-4-5-7(9-6)8(10)11/h2-3,6-7,9H,4-5H2,1H3,(H,10,11)/b3-2-/t6-,7-/m0/s1. The average molecular weight is 155 g/mol. The number of nitrogens with one attached hydrogen (secondary N) is 1. The lowest BCUT2D eigenvalue weighted by Crippen LogP contribution is -2.34. The van der Waals surface area contributed by atoms with E-state index in [2.05, 4.69) is 5.32 Å². The van der Waals surface area contributed by atoms with E-state index < -0.39 is 5.97 Å². The van der Waals surface area contributed by atoms with Crippen LogP contribution in [0.1, 0.15) is 19.8 Å². The molecule has 1 fully saturated rings. The number of hydrogen-bond acceptors (Lipinski definition) is 2. The van der Waals surface area contributed by atoms with Gasteiger partial charge in [0.15, 0.2) is 0 Å². The van der Waals surface area contributed by atoms with Crippen molar-refractivity contribution in [2.24, 2.45) is 0 Å². The van der Waals surface area contributed by atoms with Crippen molar-refractivity contribution in [3.05, 3.63) is 12.2 Å². The van der Waals surface area contributed by atoms with Crippen LogP contribution in [0.25, 0.3) is 0 Å². The minimum Gasteiger partial charge on any atom is -0.480 e. The Morgan fingerprint density at radius 1 is 1.64 bits per heavy atom. The highest BCUT2D eigenvalue weighted by Gasteiger charge is 2.26. The maximum Gasteiger partial charge on any atom is 0.320 e. The summed E-state index contributed by atoms with van der Waals surface area (Å²) in [6.45, 7) is 1.94. The third-order valence-corrected chi connectivity index (χ3v) is 1.90. The van der Waals surface area contributed by atoms with Crippen LogP contribution in [0.2, 0.25) is 0 Å². The predicted octanol–water partition coefficient (Wildman–Crippen LogP) is 0.768. The second-order valence-electron chi connectivity index (χ2n) is 2.77. The Morgan fingerprint density at radius 2 is 2.36 bits per heavy atom. The summed E-state index contributed by atoms with van der Waals surface area (Å²) in [7, 11) is 0. The summed E-state index contributed by atoms with van der Waals surface area (Å²) >= 11 is 0. The monoisotopic (exact) mass is 155 g/mol. The molecule has 0 unspecified atom stereocenters. The van der Waals surface area contributed by atoms with Gasteiger partial charge < -0.3 is 5.11 Å². The molecule has 1 aliphatic rings. The Hall–Kier alpha value is -0.830.